The lowest BCUT2D eigenvalue weighted by Gasteiger charge is -2.06. The van der Waals surface area contributed by atoms with Crippen LogP contribution >= 0.6 is 0 Å². The summed E-state index contributed by atoms with van der Waals surface area (Å²) in [7, 11) is 0. The molecular formula is C9H11NO3. The van der Waals surface area contributed by atoms with E-state index in [9.17, 15) is 4.79 Å². The van der Waals surface area contributed by atoms with Crippen LogP contribution in [0.4, 0.5) is 0 Å². The summed E-state index contributed by atoms with van der Waals surface area (Å²) >= 11 is 0. The van der Waals surface area contributed by atoms with Crippen molar-refractivity contribution >= 4 is 5.97 Å². The largest absolute Gasteiger partial charge is 0.467 e. The Hall–Kier alpha value is -1.55. The molecule has 4 nitrogen and oxygen atoms in total. The van der Waals surface area contributed by atoms with Gasteiger partial charge in [-0.3, -0.25) is 0 Å². The molecule has 0 aliphatic carbocycles. The SMILES string of the molecule is C=CCOC(=O)C(N)c1ccco1. The lowest BCUT2D eigenvalue weighted by molar-refractivity contribution is -0.144. The van der Waals surface area contributed by atoms with Crippen LogP contribution in [0.3, 0.4) is 0 Å². The van der Waals surface area contributed by atoms with Gasteiger partial charge in [0, 0.05) is 0 Å². The van der Waals surface area contributed by atoms with E-state index in [1.165, 1.54) is 12.3 Å². The molecule has 1 atom stereocenters. The Kier molecular flexibility index (Phi) is 3.28. The number of furan rings is 1. The average Bonchev–Trinajstić information content (AvgIpc) is 2.65. The van der Waals surface area contributed by atoms with Gasteiger partial charge in [-0.15, -0.1) is 0 Å². The first-order valence-electron chi connectivity index (χ1n) is 3.82. The first-order chi connectivity index (χ1) is 6.25. The van der Waals surface area contributed by atoms with Gasteiger partial charge in [-0.2, -0.15) is 0 Å². The van der Waals surface area contributed by atoms with E-state index in [0.717, 1.165) is 0 Å². The van der Waals surface area contributed by atoms with Crippen molar-refractivity contribution in [2.24, 2.45) is 5.73 Å². The average molecular weight is 181 g/mol. The molecule has 2 N–H and O–H groups in total. The third kappa shape index (κ3) is 2.45. The van der Waals surface area contributed by atoms with Gasteiger partial charge in [0.1, 0.15) is 12.4 Å². The third-order valence-electron chi connectivity index (χ3n) is 1.45. The minimum Gasteiger partial charge on any atom is -0.467 e. The van der Waals surface area contributed by atoms with E-state index in [-0.39, 0.29) is 6.61 Å². The highest BCUT2D eigenvalue weighted by atomic mass is 16.5. The second-order valence-electron chi connectivity index (χ2n) is 2.41. The predicted molar refractivity (Wildman–Crippen MR) is 46.8 cm³/mol. The predicted octanol–water partition coefficient (Wildman–Crippen LogP) is 1.01. The molecule has 0 saturated heterocycles. The highest BCUT2D eigenvalue weighted by Crippen LogP contribution is 2.11. The molecule has 0 fully saturated rings. The third-order valence-corrected chi connectivity index (χ3v) is 1.45. The lowest BCUT2D eigenvalue weighted by atomic mass is 10.2. The van der Waals surface area contributed by atoms with Gasteiger partial charge in [0.15, 0.2) is 6.04 Å². The number of hydrogen-bond donors (Lipinski definition) is 1. The van der Waals surface area contributed by atoms with Crippen LogP contribution in [0.1, 0.15) is 11.8 Å². The van der Waals surface area contributed by atoms with Gasteiger partial charge in [0.05, 0.1) is 6.26 Å². The molecule has 1 aromatic rings. The Balaban J connectivity index is 2.52. The molecule has 0 aliphatic heterocycles. The Morgan fingerprint density at radius 2 is 2.62 bits per heavy atom. The van der Waals surface area contributed by atoms with Gasteiger partial charge in [-0.1, -0.05) is 12.7 Å². The summed E-state index contributed by atoms with van der Waals surface area (Å²) in [5.74, 6) is -0.121. The summed E-state index contributed by atoms with van der Waals surface area (Å²) in [6.07, 6.45) is 2.93. The Bertz CT molecular complexity index is 279. The van der Waals surface area contributed by atoms with E-state index in [2.05, 4.69) is 6.58 Å². The molecular weight excluding hydrogens is 170 g/mol. The number of nitrogens with two attached hydrogens (primary N) is 1. The highest BCUT2D eigenvalue weighted by molar-refractivity contribution is 5.76. The molecule has 1 unspecified atom stereocenters. The van der Waals surface area contributed by atoms with Crippen LogP contribution < -0.4 is 5.73 Å². The molecule has 0 spiro atoms. The van der Waals surface area contributed by atoms with Crippen LogP contribution in [0.2, 0.25) is 0 Å². The molecule has 1 aromatic heterocycles. The van der Waals surface area contributed by atoms with Crippen LogP contribution in [0.5, 0.6) is 0 Å². The molecule has 1 rings (SSSR count). The minimum absolute atomic E-state index is 0.160. The molecule has 13 heavy (non-hydrogen) atoms. The second-order valence-corrected chi connectivity index (χ2v) is 2.41. The Morgan fingerprint density at radius 3 is 3.15 bits per heavy atom. The minimum atomic E-state index is -0.852. The fourth-order valence-corrected chi connectivity index (χ4v) is 0.815. The van der Waals surface area contributed by atoms with E-state index in [1.807, 2.05) is 0 Å². The van der Waals surface area contributed by atoms with Crippen molar-refractivity contribution in [3.05, 3.63) is 36.8 Å². The van der Waals surface area contributed by atoms with Crippen molar-refractivity contribution in [2.45, 2.75) is 6.04 Å². The molecule has 0 aliphatic rings. The first kappa shape index (κ1) is 9.54. The molecule has 0 aromatic carbocycles. The van der Waals surface area contributed by atoms with Gasteiger partial charge < -0.3 is 14.9 Å². The Labute approximate surface area is 76.0 Å². The van der Waals surface area contributed by atoms with Crippen LogP contribution in [-0.4, -0.2) is 12.6 Å². The fraction of sp³-hybridized carbons (Fsp3) is 0.222. The summed E-state index contributed by atoms with van der Waals surface area (Å²) in [6, 6.07) is 2.44. The zero-order valence-corrected chi connectivity index (χ0v) is 7.10. The monoisotopic (exact) mass is 181 g/mol. The summed E-state index contributed by atoms with van der Waals surface area (Å²) in [6.45, 7) is 3.57. The summed E-state index contributed by atoms with van der Waals surface area (Å²) in [5, 5.41) is 0. The Morgan fingerprint density at radius 1 is 1.85 bits per heavy atom. The van der Waals surface area contributed by atoms with E-state index >= 15 is 0 Å². The molecule has 1 heterocycles. The molecule has 70 valence electrons. The van der Waals surface area contributed by atoms with E-state index in [1.54, 1.807) is 12.1 Å². The number of carbonyl (C=O) groups is 1. The van der Waals surface area contributed by atoms with E-state index < -0.39 is 12.0 Å². The normalized spacial score (nSPS) is 12.1. The smallest absolute Gasteiger partial charge is 0.331 e. The number of hydrogen-bond acceptors (Lipinski definition) is 4. The van der Waals surface area contributed by atoms with Crippen LogP contribution in [-0.2, 0) is 9.53 Å². The van der Waals surface area contributed by atoms with Gasteiger partial charge in [0.2, 0.25) is 0 Å². The van der Waals surface area contributed by atoms with Gasteiger partial charge >= 0.3 is 5.97 Å². The number of esters is 1. The van der Waals surface area contributed by atoms with Crippen LogP contribution in [0.25, 0.3) is 0 Å². The zero-order chi connectivity index (χ0) is 9.68. The van der Waals surface area contributed by atoms with Crippen molar-refractivity contribution in [2.75, 3.05) is 6.61 Å². The molecule has 0 bridgehead atoms. The van der Waals surface area contributed by atoms with Crippen LogP contribution in [0, 0.1) is 0 Å². The quantitative estimate of drug-likeness (QED) is 0.556. The topological polar surface area (TPSA) is 65.5 Å². The zero-order valence-electron chi connectivity index (χ0n) is 7.10. The first-order valence-corrected chi connectivity index (χ1v) is 3.82. The van der Waals surface area contributed by atoms with Crippen molar-refractivity contribution in [1.29, 1.82) is 0 Å². The maximum Gasteiger partial charge on any atom is 0.331 e. The van der Waals surface area contributed by atoms with E-state index in [4.69, 9.17) is 14.9 Å². The van der Waals surface area contributed by atoms with Gasteiger partial charge in [0.25, 0.3) is 0 Å². The number of carbonyl (C=O) groups excluding carboxylic acids is 1. The maximum absolute atomic E-state index is 11.1. The van der Waals surface area contributed by atoms with Crippen molar-refractivity contribution in [3.63, 3.8) is 0 Å². The molecule has 0 amide bonds. The fourth-order valence-electron chi connectivity index (χ4n) is 0.815. The standard InChI is InChI=1S/C9H11NO3/c1-2-5-13-9(11)8(10)7-4-3-6-12-7/h2-4,6,8H,1,5,10H2. The molecule has 4 heteroatoms. The highest BCUT2D eigenvalue weighted by Gasteiger charge is 2.19. The molecule has 0 saturated carbocycles. The van der Waals surface area contributed by atoms with Crippen LogP contribution in [0.15, 0.2) is 35.5 Å². The number of ether oxygens (including phenoxy) is 1. The second kappa shape index (κ2) is 4.47. The summed E-state index contributed by atoms with van der Waals surface area (Å²) < 4.78 is 9.68. The maximum atomic E-state index is 11.1. The molecule has 0 radical (unpaired) electrons. The van der Waals surface area contributed by atoms with Crippen molar-refractivity contribution < 1.29 is 13.9 Å². The van der Waals surface area contributed by atoms with E-state index in [0.29, 0.717) is 5.76 Å². The van der Waals surface area contributed by atoms with Gasteiger partial charge in [-0.25, -0.2) is 4.79 Å². The summed E-state index contributed by atoms with van der Waals surface area (Å²) in [5.41, 5.74) is 5.52. The van der Waals surface area contributed by atoms with Crippen molar-refractivity contribution in [1.82, 2.24) is 0 Å². The summed E-state index contributed by atoms with van der Waals surface area (Å²) in [4.78, 5) is 11.1. The lowest BCUT2D eigenvalue weighted by Crippen LogP contribution is -2.23. The van der Waals surface area contributed by atoms with Gasteiger partial charge in [-0.05, 0) is 12.1 Å². The number of rotatable bonds is 4. The van der Waals surface area contributed by atoms with Crippen molar-refractivity contribution in [3.8, 4) is 0 Å².